The van der Waals surface area contributed by atoms with E-state index >= 15 is 0 Å². The van der Waals surface area contributed by atoms with Gasteiger partial charge in [-0.25, -0.2) is 14.2 Å². The lowest BCUT2D eigenvalue weighted by Gasteiger charge is -2.22. The molecule has 2 atom stereocenters. The van der Waals surface area contributed by atoms with Gasteiger partial charge in [-0.15, -0.1) is 0 Å². The molecule has 5 rings (SSSR count). The molecule has 0 bridgehead atoms. The predicted octanol–water partition coefficient (Wildman–Crippen LogP) is 4.19. The lowest BCUT2D eigenvalue weighted by molar-refractivity contribution is -0.149. The zero-order valence-electron chi connectivity index (χ0n) is 19.6. The number of H-pyrrole nitrogens is 1. The monoisotopic (exact) mass is 476 g/mol. The molecule has 8 nitrogen and oxygen atoms in total. The first-order valence-corrected chi connectivity index (χ1v) is 11.4. The summed E-state index contributed by atoms with van der Waals surface area (Å²) in [5, 5.41) is 22.1. The quantitative estimate of drug-likeness (QED) is 0.357. The van der Waals surface area contributed by atoms with Crippen LogP contribution in [0.5, 0.6) is 5.88 Å². The Bertz CT molecular complexity index is 1450. The van der Waals surface area contributed by atoms with E-state index in [1.165, 1.54) is 19.1 Å². The Balaban J connectivity index is 1.69. The van der Waals surface area contributed by atoms with Crippen LogP contribution in [0.25, 0.3) is 32.8 Å². The van der Waals surface area contributed by atoms with Crippen molar-refractivity contribution in [1.82, 2.24) is 20.5 Å². The highest BCUT2D eigenvalue weighted by Crippen LogP contribution is 2.41. The highest BCUT2D eigenvalue weighted by molar-refractivity contribution is 6.08. The second kappa shape index (κ2) is 8.42. The number of carboxylic acids is 1. The van der Waals surface area contributed by atoms with Crippen LogP contribution in [-0.2, 0) is 9.59 Å². The summed E-state index contributed by atoms with van der Waals surface area (Å²) in [4.78, 5) is 28.9. The van der Waals surface area contributed by atoms with E-state index in [0.29, 0.717) is 11.3 Å². The number of aromatic nitrogens is 3. The molecule has 0 amide bonds. The summed E-state index contributed by atoms with van der Waals surface area (Å²) in [6.07, 6.45) is 1.15. The van der Waals surface area contributed by atoms with Gasteiger partial charge in [0.2, 0.25) is 5.88 Å². The van der Waals surface area contributed by atoms with Gasteiger partial charge in [0, 0.05) is 29.3 Å². The third-order valence-electron chi connectivity index (χ3n) is 6.65. The van der Waals surface area contributed by atoms with E-state index in [1.54, 1.807) is 18.3 Å². The van der Waals surface area contributed by atoms with Crippen molar-refractivity contribution in [3.8, 4) is 17.0 Å². The van der Waals surface area contributed by atoms with Crippen LogP contribution in [0, 0.1) is 5.82 Å². The lowest BCUT2D eigenvalue weighted by Crippen LogP contribution is -2.53. The maximum absolute atomic E-state index is 13.7. The highest BCUT2D eigenvalue weighted by Gasteiger charge is 2.50. The van der Waals surface area contributed by atoms with Gasteiger partial charge in [0.1, 0.15) is 11.9 Å². The van der Waals surface area contributed by atoms with Crippen LogP contribution < -0.4 is 10.1 Å². The van der Waals surface area contributed by atoms with Gasteiger partial charge in [-0.05, 0) is 48.1 Å². The van der Waals surface area contributed by atoms with Gasteiger partial charge >= 0.3 is 5.97 Å². The van der Waals surface area contributed by atoms with E-state index in [0.717, 1.165) is 33.1 Å². The summed E-state index contributed by atoms with van der Waals surface area (Å²) >= 11 is 0. The molecular weight excluding hydrogens is 451 g/mol. The molecule has 0 saturated carbocycles. The first kappa shape index (κ1) is 22.9. The zero-order chi connectivity index (χ0) is 24.9. The number of Topliss-reactive ketones (excluding diaryl/α,β-unsaturated/α-hetero) is 1. The van der Waals surface area contributed by atoms with Crippen LogP contribution >= 0.6 is 0 Å². The molecule has 2 aromatic carbocycles. The van der Waals surface area contributed by atoms with Gasteiger partial charge in [-0.2, -0.15) is 5.10 Å². The Labute approximate surface area is 200 Å². The van der Waals surface area contributed by atoms with Crippen LogP contribution in [0.1, 0.15) is 38.8 Å². The van der Waals surface area contributed by atoms with Crippen molar-refractivity contribution < 1.29 is 23.8 Å². The van der Waals surface area contributed by atoms with Gasteiger partial charge in [-0.1, -0.05) is 26.0 Å². The molecule has 0 spiro atoms. The number of aromatic amines is 1. The fraction of sp³-hybridized carbons (Fsp3) is 0.308. The molecule has 2 aromatic heterocycles. The smallest absolute Gasteiger partial charge is 0.331 e. The first-order chi connectivity index (χ1) is 16.7. The van der Waals surface area contributed by atoms with Gasteiger partial charge in [0.05, 0.1) is 17.4 Å². The van der Waals surface area contributed by atoms with Crippen LogP contribution in [0.4, 0.5) is 4.39 Å². The minimum atomic E-state index is -1.67. The molecule has 2 unspecified atom stereocenters. The summed E-state index contributed by atoms with van der Waals surface area (Å²) in [5.41, 5.74) is 1.58. The number of hydrogen-bond acceptors (Lipinski definition) is 6. The standard InChI is InChI=1S/C26H25FN4O4/c1-13(2)23-22(15-4-6-17(27)7-5-15)19-8-16-11-29-31-21(16)9-20(19)24(30-23)35-18-10-26(14(3)32,25(33)34)28-12-18/h4-9,11,13,18,28H,10,12H2,1-3H3,(H,29,31)(H,33,34). The minimum absolute atomic E-state index is 0.0101. The molecule has 3 N–H and O–H groups in total. The molecule has 3 heterocycles. The molecule has 1 fully saturated rings. The number of aliphatic carboxylic acids is 1. The van der Waals surface area contributed by atoms with Crippen molar-refractivity contribution in [2.75, 3.05) is 6.54 Å². The number of nitrogens with one attached hydrogen (secondary N) is 2. The van der Waals surface area contributed by atoms with E-state index in [-0.39, 0.29) is 24.7 Å². The number of fused-ring (bicyclic) bond motifs is 2. The van der Waals surface area contributed by atoms with E-state index < -0.39 is 23.4 Å². The Morgan fingerprint density at radius 3 is 2.57 bits per heavy atom. The number of rotatable bonds is 6. The maximum Gasteiger partial charge on any atom is 0.331 e. The topological polar surface area (TPSA) is 117 Å². The van der Waals surface area contributed by atoms with Gasteiger partial charge in [-0.3, -0.25) is 15.2 Å². The van der Waals surface area contributed by atoms with E-state index in [2.05, 4.69) is 15.5 Å². The fourth-order valence-electron chi connectivity index (χ4n) is 4.76. The maximum atomic E-state index is 13.7. The molecule has 1 aliphatic heterocycles. The number of carbonyl (C=O) groups excluding carboxylic acids is 1. The SMILES string of the molecule is CC(=O)C1(C(=O)O)CC(Oc2nc(C(C)C)c(-c3ccc(F)cc3)c3cc4cn[nH]c4cc23)CN1. The molecule has 4 aromatic rings. The largest absolute Gasteiger partial charge is 0.480 e. The van der Waals surface area contributed by atoms with Crippen molar-refractivity contribution in [2.45, 2.75) is 44.8 Å². The highest BCUT2D eigenvalue weighted by atomic mass is 19.1. The number of nitrogens with zero attached hydrogens (tertiary/aromatic N) is 2. The Hall–Kier alpha value is -3.85. The second-order valence-corrected chi connectivity index (χ2v) is 9.29. The van der Waals surface area contributed by atoms with Crippen molar-refractivity contribution in [3.63, 3.8) is 0 Å². The van der Waals surface area contributed by atoms with Crippen molar-refractivity contribution in [1.29, 1.82) is 0 Å². The number of carbonyl (C=O) groups is 2. The third-order valence-corrected chi connectivity index (χ3v) is 6.65. The Kier molecular flexibility index (Phi) is 5.52. The van der Waals surface area contributed by atoms with E-state index in [9.17, 15) is 19.1 Å². The average molecular weight is 477 g/mol. The molecule has 0 aliphatic carbocycles. The van der Waals surface area contributed by atoms with E-state index in [1.807, 2.05) is 26.0 Å². The normalized spacial score (nSPS) is 20.1. The van der Waals surface area contributed by atoms with Crippen LogP contribution in [-0.4, -0.2) is 50.2 Å². The summed E-state index contributed by atoms with van der Waals surface area (Å²) in [6.45, 7) is 5.49. The minimum Gasteiger partial charge on any atom is -0.480 e. The van der Waals surface area contributed by atoms with Crippen LogP contribution in [0.3, 0.4) is 0 Å². The number of hydrogen-bond donors (Lipinski definition) is 3. The predicted molar refractivity (Wildman–Crippen MR) is 129 cm³/mol. The molecule has 1 saturated heterocycles. The average Bonchev–Trinajstić information content (AvgIpc) is 3.45. The van der Waals surface area contributed by atoms with Crippen LogP contribution in [0.2, 0.25) is 0 Å². The summed E-state index contributed by atoms with van der Waals surface area (Å²) in [5.74, 6) is -1.65. The number of ketones is 1. The lowest BCUT2D eigenvalue weighted by atomic mass is 9.91. The third kappa shape index (κ3) is 3.81. The Morgan fingerprint density at radius 2 is 1.94 bits per heavy atom. The summed E-state index contributed by atoms with van der Waals surface area (Å²) in [7, 11) is 0. The molecular formula is C26H25FN4O4. The van der Waals surface area contributed by atoms with Crippen molar-refractivity contribution >= 4 is 33.4 Å². The second-order valence-electron chi connectivity index (χ2n) is 9.29. The van der Waals surface area contributed by atoms with Gasteiger partial charge in [0.15, 0.2) is 11.3 Å². The summed E-state index contributed by atoms with van der Waals surface area (Å²) < 4.78 is 20.0. The van der Waals surface area contributed by atoms with Crippen molar-refractivity contribution in [2.24, 2.45) is 0 Å². The number of pyridine rings is 1. The number of benzene rings is 2. The fourth-order valence-corrected chi connectivity index (χ4v) is 4.76. The van der Waals surface area contributed by atoms with Crippen molar-refractivity contribution in [3.05, 3.63) is 54.1 Å². The number of ether oxygens (including phenoxy) is 1. The molecule has 180 valence electrons. The number of carboxylic acid groups (broad SMARTS) is 1. The van der Waals surface area contributed by atoms with Gasteiger partial charge in [0.25, 0.3) is 0 Å². The first-order valence-electron chi connectivity index (χ1n) is 11.4. The molecule has 0 radical (unpaired) electrons. The molecule has 1 aliphatic rings. The summed E-state index contributed by atoms with van der Waals surface area (Å²) in [6, 6.07) is 10.2. The number of halogens is 1. The van der Waals surface area contributed by atoms with E-state index in [4.69, 9.17) is 9.72 Å². The zero-order valence-corrected chi connectivity index (χ0v) is 19.6. The molecule has 35 heavy (non-hydrogen) atoms. The van der Waals surface area contributed by atoms with Crippen LogP contribution in [0.15, 0.2) is 42.6 Å². The van der Waals surface area contributed by atoms with Gasteiger partial charge < -0.3 is 9.84 Å². The Morgan fingerprint density at radius 1 is 1.20 bits per heavy atom. The molecule has 9 heteroatoms.